The number of anilines is 1. The zero-order chi connectivity index (χ0) is 15.2. The van der Waals surface area contributed by atoms with Gasteiger partial charge in [0, 0.05) is 49.3 Å². The van der Waals surface area contributed by atoms with Crippen molar-refractivity contribution >= 4 is 28.9 Å². The summed E-state index contributed by atoms with van der Waals surface area (Å²) in [6, 6.07) is 7.90. The third-order valence-electron chi connectivity index (χ3n) is 4.40. The van der Waals surface area contributed by atoms with E-state index in [4.69, 9.17) is 23.2 Å². The lowest BCUT2D eigenvalue weighted by Gasteiger charge is -2.25. The molecule has 1 fully saturated rings. The second kappa shape index (κ2) is 5.39. The molecule has 2 aliphatic rings. The first-order chi connectivity index (χ1) is 10.7. The van der Waals surface area contributed by atoms with Gasteiger partial charge < -0.3 is 10.2 Å². The van der Waals surface area contributed by atoms with Gasteiger partial charge in [0.2, 0.25) is 0 Å². The Morgan fingerprint density at radius 3 is 2.95 bits per heavy atom. The lowest BCUT2D eigenvalue weighted by molar-refractivity contribution is 0.439. The van der Waals surface area contributed by atoms with Crippen LogP contribution >= 0.6 is 23.2 Å². The van der Waals surface area contributed by atoms with Crippen LogP contribution in [0.25, 0.3) is 0 Å². The van der Waals surface area contributed by atoms with Gasteiger partial charge in [-0.1, -0.05) is 29.3 Å². The summed E-state index contributed by atoms with van der Waals surface area (Å²) in [6.45, 7) is 3.32. The summed E-state index contributed by atoms with van der Waals surface area (Å²) in [7, 11) is 0. The predicted octanol–water partition coefficient (Wildman–Crippen LogP) is 2.75. The minimum absolute atomic E-state index is 0.119. The van der Waals surface area contributed by atoms with E-state index in [0.717, 1.165) is 32.0 Å². The summed E-state index contributed by atoms with van der Waals surface area (Å²) < 4.78 is 0. The Bertz CT molecular complexity index is 699. The lowest BCUT2D eigenvalue weighted by Crippen LogP contribution is -2.43. The summed E-state index contributed by atoms with van der Waals surface area (Å²) in [5.41, 5.74) is 3.30. The van der Waals surface area contributed by atoms with Crippen LogP contribution in [-0.4, -0.2) is 24.7 Å². The second-order valence-corrected chi connectivity index (χ2v) is 6.71. The van der Waals surface area contributed by atoms with Gasteiger partial charge in [-0.05, 0) is 23.8 Å². The van der Waals surface area contributed by atoms with Crippen LogP contribution in [0.2, 0.25) is 10.0 Å². The Hall–Kier alpha value is -1.33. The molecular formula is C16H16Cl2N4. The number of pyridine rings is 1. The maximum atomic E-state index is 6.51. The van der Waals surface area contributed by atoms with Crippen LogP contribution < -0.4 is 15.5 Å². The number of rotatable bonds is 2. The average Bonchev–Trinajstić information content (AvgIpc) is 3.07. The summed E-state index contributed by atoms with van der Waals surface area (Å²) in [6.07, 6.45) is 3.69. The van der Waals surface area contributed by atoms with E-state index in [0.29, 0.717) is 10.0 Å². The average molecular weight is 335 g/mol. The van der Waals surface area contributed by atoms with Gasteiger partial charge in [-0.25, -0.2) is 0 Å². The van der Waals surface area contributed by atoms with Gasteiger partial charge in [0.1, 0.15) is 0 Å². The molecule has 0 radical (unpaired) electrons. The largest absolute Gasteiger partial charge is 0.363 e. The van der Waals surface area contributed by atoms with Crippen molar-refractivity contribution in [3.63, 3.8) is 0 Å². The number of aromatic nitrogens is 1. The Morgan fingerprint density at radius 1 is 1.32 bits per heavy atom. The van der Waals surface area contributed by atoms with E-state index in [2.05, 4.69) is 26.6 Å². The zero-order valence-electron chi connectivity index (χ0n) is 11.9. The van der Waals surface area contributed by atoms with Crippen molar-refractivity contribution in [3.05, 3.63) is 57.8 Å². The van der Waals surface area contributed by atoms with E-state index in [-0.39, 0.29) is 5.54 Å². The number of nitrogens with one attached hydrogen (secondary N) is 2. The fourth-order valence-corrected chi connectivity index (χ4v) is 4.07. The molecule has 3 heterocycles. The van der Waals surface area contributed by atoms with E-state index >= 15 is 0 Å². The topological polar surface area (TPSA) is 40.2 Å². The van der Waals surface area contributed by atoms with E-state index in [1.165, 1.54) is 11.1 Å². The molecule has 2 N–H and O–H groups in total. The van der Waals surface area contributed by atoms with Gasteiger partial charge in [-0.15, -0.1) is 0 Å². The van der Waals surface area contributed by atoms with Crippen LogP contribution in [0.1, 0.15) is 11.1 Å². The van der Waals surface area contributed by atoms with Gasteiger partial charge in [0.25, 0.3) is 0 Å². The number of hydrogen-bond donors (Lipinski definition) is 2. The summed E-state index contributed by atoms with van der Waals surface area (Å²) in [5, 5.41) is 8.34. The molecule has 114 valence electrons. The summed E-state index contributed by atoms with van der Waals surface area (Å²) >= 11 is 12.7. The molecule has 1 atom stereocenters. The molecule has 1 unspecified atom stereocenters. The van der Waals surface area contributed by atoms with Crippen LogP contribution in [-0.2, 0) is 12.1 Å². The van der Waals surface area contributed by atoms with Crippen LogP contribution in [0.15, 0.2) is 36.7 Å². The maximum Gasteiger partial charge on any atom is 0.0770 e. The Morgan fingerprint density at radius 2 is 2.23 bits per heavy atom. The third kappa shape index (κ3) is 2.27. The normalized spacial score (nSPS) is 23.3. The molecule has 1 aromatic carbocycles. The van der Waals surface area contributed by atoms with E-state index < -0.39 is 0 Å². The van der Waals surface area contributed by atoms with Crippen molar-refractivity contribution < 1.29 is 0 Å². The van der Waals surface area contributed by atoms with Gasteiger partial charge in [0.15, 0.2) is 0 Å². The van der Waals surface area contributed by atoms with Crippen LogP contribution in [0, 0.1) is 0 Å². The standard InChI is InChI=1S/C16H16Cl2N4/c17-12-4-13-15(14(18)5-12)22(7-11-2-1-3-19-6-11)9-16(13)8-20-10-21-16/h1-6,20-21H,7-10H2. The first-order valence-corrected chi connectivity index (χ1v) is 8.03. The molecule has 0 saturated carbocycles. The van der Waals surface area contributed by atoms with E-state index in [9.17, 15) is 0 Å². The predicted molar refractivity (Wildman–Crippen MR) is 89.4 cm³/mol. The quantitative estimate of drug-likeness (QED) is 0.885. The van der Waals surface area contributed by atoms with Crippen LogP contribution in [0.4, 0.5) is 5.69 Å². The SMILES string of the molecule is Clc1cc(Cl)c2c(c1)C1(CNCN1)CN2Cc1cccnc1. The smallest absolute Gasteiger partial charge is 0.0770 e. The number of fused-ring (bicyclic) bond motifs is 2. The number of benzene rings is 1. The molecule has 0 amide bonds. The molecule has 0 bridgehead atoms. The highest BCUT2D eigenvalue weighted by atomic mass is 35.5. The molecule has 1 spiro atoms. The second-order valence-electron chi connectivity index (χ2n) is 5.86. The van der Waals surface area contributed by atoms with Crippen LogP contribution in [0.3, 0.4) is 0 Å². The van der Waals surface area contributed by atoms with Crippen molar-refractivity contribution in [1.82, 2.24) is 15.6 Å². The highest BCUT2D eigenvalue weighted by Crippen LogP contribution is 2.46. The number of hydrogen-bond acceptors (Lipinski definition) is 4. The monoisotopic (exact) mass is 334 g/mol. The highest BCUT2D eigenvalue weighted by molar-refractivity contribution is 6.36. The van der Waals surface area contributed by atoms with Gasteiger partial charge in [-0.3, -0.25) is 10.3 Å². The summed E-state index contributed by atoms with van der Waals surface area (Å²) in [5.74, 6) is 0. The molecule has 4 nitrogen and oxygen atoms in total. The minimum Gasteiger partial charge on any atom is -0.363 e. The number of nitrogens with zero attached hydrogens (tertiary/aromatic N) is 2. The fourth-order valence-electron chi connectivity index (χ4n) is 3.46. The highest BCUT2D eigenvalue weighted by Gasteiger charge is 2.45. The molecule has 1 saturated heterocycles. The van der Waals surface area contributed by atoms with Crippen molar-refractivity contribution in [2.24, 2.45) is 0 Å². The van der Waals surface area contributed by atoms with Gasteiger partial charge in [0.05, 0.1) is 16.2 Å². The van der Waals surface area contributed by atoms with Crippen molar-refractivity contribution in [2.75, 3.05) is 24.7 Å². The molecule has 1 aromatic heterocycles. The molecule has 0 aliphatic carbocycles. The molecule has 2 aliphatic heterocycles. The third-order valence-corrected chi connectivity index (χ3v) is 4.90. The van der Waals surface area contributed by atoms with E-state index in [1.54, 1.807) is 6.20 Å². The van der Waals surface area contributed by atoms with Gasteiger partial charge >= 0.3 is 0 Å². The summed E-state index contributed by atoms with van der Waals surface area (Å²) in [4.78, 5) is 6.51. The van der Waals surface area contributed by atoms with Crippen molar-refractivity contribution in [3.8, 4) is 0 Å². The van der Waals surface area contributed by atoms with E-state index in [1.807, 2.05) is 24.4 Å². The zero-order valence-corrected chi connectivity index (χ0v) is 13.5. The van der Waals surface area contributed by atoms with Gasteiger partial charge in [-0.2, -0.15) is 0 Å². The lowest BCUT2D eigenvalue weighted by atomic mass is 9.93. The Balaban J connectivity index is 1.77. The Labute approximate surface area is 139 Å². The minimum atomic E-state index is -0.119. The Kier molecular flexibility index (Phi) is 3.50. The molecule has 6 heteroatoms. The maximum absolute atomic E-state index is 6.51. The molecule has 4 rings (SSSR count). The fraction of sp³-hybridized carbons (Fsp3) is 0.312. The first kappa shape index (κ1) is 14.3. The molecule has 2 aromatic rings. The first-order valence-electron chi connectivity index (χ1n) is 7.27. The molecular weight excluding hydrogens is 319 g/mol. The van der Waals surface area contributed by atoms with Crippen molar-refractivity contribution in [2.45, 2.75) is 12.1 Å². The van der Waals surface area contributed by atoms with Crippen molar-refractivity contribution in [1.29, 1.82) is 0 Å². The molecule has 22 heavy (non-hydrogen) atoms. The van der Waals surface area contributed by atoms with Crippen LogP contribution in [0.5, 0.6) is 0 Å². The number of halogens is 2.